The lowest BCUT2D eigenvalue weighted by molar-refractivity contribution is 0.343. The van der Waals surface area contributed by atoms with Crippen LogP contribution >= 0.6 is 0 Å². The minimum Gasteiger partial charge on any atom is -0.387 e. The fourth-order valence-corrected chi connectivity index (χ4v) is 2.36. The molecule has 2 saturated carbocycles. The molecule has 0 bridgehead atoms. The molecule has 0 radical (unpaired) electrons. The van der Waals surface area contributed by atoms with Gasteiger partial charge in [-0.2, -0.15) is 0 Å². The van der Waals surface area contributed by atoms with E-state index in [4.69, 9.17) is 5.73 Å². The third-order valence-corrected chi connectivity index (χ3v) is 3.55. The maximum atomic E-state index is 5.84. The first kappa shape index (κ1) is 10.0. The maximum absolute atomic E-state index is 5.84. The summed E-state index contributed by atoms with van der Waals surface area (Å²) in [5, 5.41) is 0. The van der Waals surface area contributed by atoms with Crippen LogP contribution in [0, 0.1) is 11.8 Å². The lowest BCUT2D eigenvalue weighted by Crippen LogP contribution is -2.15. The van der Waals surface area contributed by atoms with E-state index in [2.05, 4.69) is 4.99 Å². The van der Waals surface area contributed by atoms with E-state index in [0.29, 0.717) is 5.92 Å². The predicted molar refractivity (Wildman–Crippen MR) is 60.4 cm³/mol. The molecule has 14 heavy (non-hydrogen) atoms. The van der Waals surface area contributed by atoms with Gasteiger partial charge in [0.05, 0.1) is 5.84 Å². The van der Waals surface area contributed by atoms with Gasteiger partial charge in [-0.15, -0.1) is 0 Å². The van der Waals surface area contributed by atoms with Gasteiger partial charge in [0.1, 0.15) is 0 Å². The highest BCUT2D eigenvalue weighted by Crippen LogP contribution is 2.29. The molecule has 0 aromatic heterocycles. The van der Waals surface area contributed by atoms with Crippen molar-refractivity contribution in [3.05, 3.63) is 0 Å². The number of amidine groups is 1. The third kappa shape index (κ3) is 3.00. The van der Waals surface area contributed by atoms with Crippen molar-refractivity contribution in [2.45, 2.75) is 51.4 Å². The van der Waals surface area contributed by atoms with E-state index in [0.717, 1.165) is 18.3 Å². The number of nitrogens with zero attached hydrogens (tertiary/aromatic N) is 1. The van der Waals surface area contributed by atoms with Crippen LogP contribution in [-0.2, 0) is 0 Å². The first-order valence-electron chi connectivity index (χ1n) is 6.16. The van der Waals surface area contributed by atoms with Crippen LogP contribution < -0.4 is 5.73 Å². The van der Waals surface area contributed by atoms with Gasteiger partial charge in [0, 0.05) is 12.5 Å². The molecule has 0 saturated heterocycles. The van der Waals surface area contributed by atoms with Gasteiger partial charge >= 0.3 is 0 Å². The zero-order valence-corrected chi connectivity index (χ0v) is 9.04. The Balaban J connectivity index is 1.63. The number of rotatable bonds is 4. The summed E-state index contributed by atoms with van der Waals surface area (Å²) in [6.45, 7) is 0.979. The second kappa shape index (κ2) is 4.81. The number of hydrogen-bond acceptors (Lipinski definition) is 1. The monoisotopic (exact) mass is 194 g/mol. The molecule has 2 aliphatic carbocycles. The van der Waals surface area contributed by atoms with Gasteiger partial charge in [-0.05, 0) is 25.2 Å². The first-order chi connectivity index (χ1) is 6.86. The van der Waals surface area contributed by atoms with Gasteiger partial charge in [0.2, 0.25) is 0 Å². The molecule has 2 nitrogen and oxygen atoms in total. The van der Waals surface area contributed by atoms with Gasteiger partial charge in [-0.25, -0.2) is 0 Å². The van der Waals surface area contributed by atoms with Crippen LogP contribution in [0.3, 0.4) is 0 Å². The molecule has 2 N–H and O–H groups in total. The number of aliphatic imine (C=N–C) groups is 1. The van der Waals surface area contributed by atoms with Crippen molar-refractivity contribution in [1.29, 1.82) is 0 Å². The lowest BCUT2D eigenvalue weighted by atomic mass is 9.87. The topological polar surface area (TPSA) is 38.4 Å². The SMILES string of the molecule is NC(=NCCC1CCCCC1)C1CC1. The minimum atomic E-state index is 0.654. The smallest absolute Gasteiger partial charge is 0.0968 e. The van der Waals surface area contributed by atoms with Crippen LogP contribution in [0.1, 0.15) is 51.4 Å². The largest absolute Gasteiger partial charge is 0.387 e. The van der Waals surface area contributed by atoms with Crippen molar-refractivity contribution in [3.63, 3.8) is 0 Å². The molecule has 0 heterocycles. The second-order valence-electron chi connectivity index (χ2n) is 4.87. The summed E-state index contributed by atoms with van der Waals surface area (Å²) < 4.78 is 0. The molecular formula is C12H22N2. The van der Waals surface area contributed by atoms with E-state index in [1.165, 1.54) is 51.4 Å². The summed E-state index contributed by atoms with van der Waals surface area (Å²) in [4.78, 5) is 4.47. The van der Waals surface area contributed by atoms with Gasteiger partial charge in [-0.1, -0.05) is 32.1 Å². The van der Waals surface area contributed by atoms with E-state index < -0.39 is 0 Å². The van der Waals surface area contributed by atoms with Crippen molar-refractivity contribution in [2.24, 2.45) is 22.6 Å². The van der Waals surface area contributed by atoms with Gasteiger partial charge in [0.15, 0.2) is 0 Å². The Morgan fingerprint density at radius 1 is 1.07 bits per heavy atom. The van der Waals surface area contributed by atoms with Gasteiger partial charge in [-0.3, -0.25) is 4.99 Å². The number of hydrogen-bond donors (Lipinski definition) is 1. The van der Waals surface area contributed by atoms with Crippen LogP contribution in [0.4, 0.5) is 0 Å². The van der Waals surface area contributed by atoms with Crippen LogP contribution in [0.25, 0.3) is 0 Å². The minimum absolute atomic E-state index is 0.654. The number of nitrogens with two attached hydrogens (primary N) is 1. The Morgan fingerprint density at radius 3 is 2.43 bits per heavy atom. The molecule has 80 valence electrons. The van der Waals surface area contributed by atoms with E-state index in [1.807, 2.05) is 0 Å². The molecule has 0 spiro atoms. The molecule has 2 rings (SSSR count). The molecule has 0 amide bonds. The molecule has 0 aliphatic heterocycles. The lowest BCUT2D eigenvalue weighted by Gasteiger charge is -2.20. The Labute approximate surface area is 87.0 Å². The van der Waals surface area contributed by atoms with Crippen molar-refractivity contribution in [3.8, 4) is 0 Å². The quantitative estimate of drug-likeness (QED) is 0.542. The van der Waals surface area contributed by atoms with Crippen LogP contribution in [0.5, 0.6) is 0 Å². The summed E-state index contributed by atoms with van der Waals surface area (Å²) in [6.07, 6.45) is 11.0. The molecule has 0 atom stereocenters. The Bertz CT molecular complexity index is 200. The van der Waals surface area contributed by atoms with Crippen LogP contribution in [0.15, 0.2) is 4.99 Å². The molecular weight excluding hydrogens is 172 g/mol. The van der Waals surface area contributed by atoms with Crippen molar-refractivity contribution < 1.29 is 0 Å². The van der Waals surface area contributed by atoms with E-state index in [-0.39, 0.29) is 0 Å². The van der Waals surface area contributed by atoms with Gasteiger partial charge < -0.3 is 5.73 Å². The van der Waals surface area contributed by atoms with Crippen molar-refractivity contribution in [2.75, 3.05) is 6.54 Å². The fourth-order valence-electron chi connectivity index (χ4n) is 2.36. The summed E-state index contributed by atoms with van der Waals surface area (Å²) in [6, 6.07) is 0. The third-order valence-electron chi connectivity index (χ3n) is 3.55. The zero-order valence-electron chi connectivity index (χ0n) is 9.04. The highest BCUT2D eigenvalue weighted by molar-refractivity contribution is 5.84. The van der Waals surface area contributed by atoms with E-state index >= 15 is 0 Å². The Morgan fingerprint density at radius 2 is 1.79 bits per heavy atom. The average molecular weight is 194 g/mol. The fraction of sp³-hybridized carbons (Fsp3) is 0.917. The van der Waals surface area contributed by atoms with E-state index in [1.54, 1.807) is 0 Å². The predicted octanol–water partition coefficient (Wildman–Crippen LogP) is 2.72. The summed E-state index contributed by atoms with van der Waals surface area (Å²) >= 11 is 0. The molecule has 2 heteroatoms. The molecule has 0 aromatic rings. The zero-order chi connectivity index (χ0) is 9.80. The molecule has 0 aromatic carbocycles. The second-order valence-corrected chi connectivity index (χ2v) is 4.87. The summed E-state index contributed by atoms with van der Waals surface area (Å²) in [7, 11) is 0. The van der Waals surface area contributed by atoms with Crippen molar-refractivity contribution in [1.82, 2.24) is 0 Å². The van der Waals surface area contributed by atoms with E-state index in [9.17, 15) is 0 Å². The van der Waals surface area contributed by atoms with Crippen LogP contribution in [-0.4, -0.2) is 12.4 Å². The van der Waals surface area contributed by atoms with Gasteiger partial charge in [0.25, 0.3) is 0 Å². The van der Waals surface area contributed by atoms with Crippen LogP contribution in [0.2, 0.25) is 0 Å². The summed E-state index contributed by atoms with van der Waals surface area (Å²) in [5.74, 6) is 2.53. The Kier molecular flexibility index (Phi) is 3.44. The van der Waals surface area contributed by atoms with Crippen molar-refractivity contribution >= 4 is 5.84 Å². The highest BCUT2D eigenvalue weighted by Gasteiger charge is 2.25. The molecule has 0 unspecified atom stereocenters. The molecule has 2 aliphatic rings. The normalized spacial score (nSPS) is 25.3. The standard InChI is InChI=1S/C12H22N2/c13-12(11-6-7-11)14-9-8-10-4-2-1-3-5-10/h10-11H,1-9H2,(H2,13,14). The maximum Gasteiger partial charge on any atom is 0.0968 e. The Hall–Kier alpha value is -0.530. The average Bonchev–Trinajstić information content (AvgIpc) is 3.02. The molecule has 2 fully saturated rings. The first-order valence-corrected chi connectivity index (χ1v) is 6.16. The highest BCUT2D eigenvalue weighted by atomic mass is 14.9. The summed E-state index contributed by atoms with van der Waals surface area (Å²) in [5.41, 5.74) is 5.84.